The fraction of sp³-hybridized carbons (Fsp3) is 0.545. The summed E-state index contributed by atoms with van der Waals surface area (Å²) < 4.78 is 11.1. The Morgan fingerprint density at radius 3 is 3.12 bits per heavy atom. The molecule has 0 bridgehead atoms. The van der Waals surface area contributed by atoms with Crippen LogP contribution in [0.2, 0.25) is 0 Å². The quantitative estimate of drug-likeness (QED) is 0.757. The van der Waals surface area contributed by atoms with Crippen LogP contribution < -0.4 is 5.32 Å². The fourth-order valence-corrected chi connectivity index (χ4v) is 2.20. The largest absolute Gasteiger partial charge is 0.388 e. The molecule has 3 rings (SSSR count). The van der Waals surface area contributed by atoms with Gasteiger partial charge in [0.25, 0.3) is 0 Å². The third kappa shape index (κ3) is 1.77. The lowest BCUT2D eigenvalue weighted by Gasteiger charge is -2.16. The molecule has 2 aliphatic rings. The van der Waals surface area contributed by atoms with Crippen molar-refractivity contribution in [2.24, 2.45) is 0 Å². The SMILES string of the molecule is O[C@@H]1CO[C@@H]2C[C@H](Nc3ccccn3)O[C@H]12. The molecule has 5 nitrogen and oxygen atoms in total. The van der Waals surface area contributed by atoms with Crippen molar-refractivity contribution in [2.75, 3.05) is 11.9 Å². The molecule has 2 N–H and O–H groups in total. The van der Waals surface area contributed by atoms with Gasteiger partial charge in [0, 0.05) is 12.6 Å². The average molecular weight is 222 g/mol. The van der Waals surface area contributed by atoms with Gasteiger partial charge in [-0.15, -0.1) is 0 Å². The topological polar surface area (TPSA) is 63.6 Å². The van der Waals surface area contributed by atoms with Crippen LogP contribution in [0.15, 0.2) is 24.4 Å². The van der Waals surface area contributed by atoms with Crippen molar-refractivity contribution in [3.05, 3.63) is 24.4 Å². The normalized spacial score (nSPS) is 37.3. The van der Waals surface area contributed by atoms with E-state index in [9.17, 15) is 5.11 Å². The van der Waals surface area contributed by atoms with Gasteiger partial charge in [0.1, 0.15) is 24.3 Å². The lowest BCUT2D eigenvalue weighted by Crippen LogP contribution is -2.29. The van der Waals surface area contributed by atoms with Gasteiger partial charge in [-0.1, -0.05) is 6.07 Å². The van der Waals surface area contributed by atoms with E-state index in [1.54, 1.807) is 6.20 Å². The average Bonchev–Trinajstić information content (AvgIpc) is 2.83. The van der Waals surface area contributed by atoms with E-state index in [0.29, 0.717) is 6.61 Å². The minimum atomic E-state index is -0.500. The van der Waals surface area contributed by atoms with Gasteiger partial charge in [-0.05, 0) is 12.1 Å². The number of hydrogen-bond acceptors (Lipinski definition) is 5. The van der Waals surface area contributed by atoms with Crippen LogP contribution in [0.5, 0.6) is 0 Å². The summed E-state index contributed by atoms with van der Waals surface area (Å²) in [4.78, 5) is 4.16. The Morgan fingerprint density at radius 1 is 1.44 bits per heavy atom. The van der Waals surface area contributed by atoms with Crippen molar-refractivity contribution in [3.8, 4) is 0 Å². The molecule has 16 heavy (non-hydrogen) atoms. The number of aliphatic hydroxyl groups excluding tert-OH is 1. The van der Waals surface area contributed by atoms with Gasteiger partial charge in [-0.2, -0.15) is 0 Å². The predicted octanol–water partition coefficient (Wildman–Crippen LogP) is 0.368. The number of nitrogens with zero attached hydrogens (tertiary/aromatic N) is 1. The lowest BCUT2D eigenvalue weighted by atomic mass is 10.1. The van der Waals surface area contributed by atoms with E-state index in [1.807, 2.05) is 18.2 Å². The summed E-state index contributed by atoms with van der Waals surface area (Å²) in [6, 6.07) is 5.66. The Balaban J connectivity index is 1.63. The van der Waals surface area contributed by atoms with Crippen molar-refractivity contribution >= 4 is 5.82 Å². The maximum absolute atomic E-state index is 9.59. The molecule has 1 aromatic heterocycles. The Bertz CT molecular complexity index is 360. The van der Waals surface area contributed by atoms with Crippen molar-refractivity contribution in [3.63, 3.8) is 0 Å². The van der Waals surface area contributed by atoms with Crippen LogP contribution in [0.3, 0.4) is 0 Å². The molecule has 0 saturated carbocycles. The first-order valence-electron chi connectivity index (χ1n) is 5.45. The van der Waals surface area contributed by atoms with Crippen molar-refractivity contribution < 1.29 is 14.6 Å². The molecule has 2 aliphatic heterocycles. The number of aliphatic hydroxyl groups is 1. The monoisotopic (exact) mass is 222 g/mol. The van der Waals surface area contributed by atoms with Crippen LogP contribution in [0, 0.1) is 0 Å². The molecule has 1 aromatic rings. The van der Waals surface area contributed by atoms with E-state index in [2.05, 4.69) is 10.3 Å². The maximum Gasteiger partial charge on any atom is 0.132 e. The molecule has 86 valence electrons. The molecule has 5 heteroatoms. The van der Waals surface area contributed by atoms with E-state index in [-0.39, 0.29) is 18.4 Å². The van der Waals surface area contributed by atoms with E-state index in [4.69, 9.17) is 9.47 Å². The van der Waals surface area contributed by atoms with Crippen LogP contribution >= 0.6 is 0 Å². The second kappa shape index (κ2) is 4.01. The maximum atomic E-state index is 9.59. The lowest BCUT2D eigenvalue weighted by molar-refractivity contribution is -0.00959. The van der Waals surface area contributed by atoms with Crippen LogP contribution in [0.25, 0.3) is 0 Å². The number of rotatable bonds is 2. The zero-order chi connectivity index (χ0) is 11.0. The van der Waals surface area contributed by atoms with Crippen LogP contribution in [0.4, 0.5) is 5.82 Å². The van der Waals surface area contributed by atoms with Crippen molar-refractivity contribution in [1.82, 2.24) is 4.98 Å². The van der Waals surface area contributed by atoms with Crippen LogP contribution in [-0.4, -0.2) is 41.2 Å². The second-order valence-electron chi connectivity index (χ2n) is 4.12. The van der Waals surface area contributed by atoms with E-state index >= 15 is 0 Å². The summed E-state index contributed by atoms with van der Waals surface area (Å²) >= 11 is 0. The Morgan fingerprint density at radius 2 is 2.38 bits per heavy atom. The second-order valence-corrected chi connectivity index (χ2v) is 4.12. The highest BCUT2D eigenvalue weighted by Crippen LogP contribution is 2.30. The zero-order valence-corrected chi connectivity index (χ0v) is 8.74. The summed E-state index contributed by atoms with van der Waals surface area (Å²) in [7, 11) is 0. The molecule has 0 aromatic carbocycles. The first-order chi connectivity index (χ1) is 7.83. The van der Waals surface area contributed by atoms with Crippen LogP contribution in [-0.2, 0) is 9.47 Å². The number of aromatic nitrogens is 1. The number of nitrogens with one attached hydrogen (secondary N) is 1. The number of anilines is 1. The molecule has 0 radical (unpaired) electrons. The van der Waals surface area contributed by atoms with Gasteiger partial charge in [0.2, 0.25) is 0 Å². The molecule has 2 saturated heterocycles. The molecule has 2 fully saturated rings. The highest BCUT2D eigenvalue weighted by Gasteiger charge is 2.45. The number of ether oxygens (including phenoxy) is 2. The molecule has 3 heterocycles. The molecule has 0 spiro atoms. The van der Waals surface area contributed by atoms with Gasteiger partial charge >= 0.3 is 0 Å². The van der Waals surface area contributed by atoms with Crippen molar-refractivity contribution in [1.29, 1.82) is 0 Å². The zero-order valence-electron chi connectivity index (χ0n) is 8.74. The smallest absolute Gasteiger partial charge is 0.132 e. The summed E-state index contributed by atoms with van der Waals surface area (Å²) in [6.45, 7) is 0.381. The first-order valence-corrected chi connectivity index (χ1v) is 5.45. The minimum Gasteiger partial charge on any atom is -0.388 e. The van der Waals surface area contributed by atoms with E-state index in [0.717, 1.165) is 12.2 Å². The number of hydrogen-bond donors (Lipinski definition) is 2. The summed E-state index contributed by atoms with van der Waals surface area (Å²) in [5.41, 5.74) is 0. The third-order valence-corrected chi connectivity index (χ3v) is 2.97. The van der Waals surface area contributed by atoms with Gasteiger partial charge in [0.15, 0.2) is 0 Å². The molecule has 0 unspecified atom stereocenters. The van der Waals surface area contributed by atoms with E-state index in [1.165, 1.54) is 0 Å². The van der Waals surface area contributed by atoms with E-state index < -0.39 is 6.10 Å². The summed E-state index contributed by atoms with van der Waals surface area (Å²) in [6.07, 6.45) is 1.67. The van der Waals surface area contributed by atoms with Gasteiger partial charge in [0.05, 0.1) is 12.7 Å². The van der Waals surface area contributed by atoms with Gasteiger partial charge < -0.3 is 19.9 Å². The number of pyridine rings is 1. The van der Waals surface area contributed by atoms with Crippen LogP contribution in [0.1, 0.15) is 6.42 Å². The van der Waals surface area contributed by atoms with Crippen molar-refractivity contribution in [2.45, 2.75) is 31.0 Å². The summed E-state index contributed by atoms with van der Waals surface area (Å²) in [5, 5.41) is 12.8. The molecular weight excluding hydrogens is 208 g/mol. The number of fused-ring (bicyclic) bond motifs is 1. The third-order valence-electron chi connectivity index (χ3n) is 2.97. The van der Waals surface area contributed by atoms with Gasteiger partial charge in [-0.3, -0.25) is 0 Å². The highest BCUT2D eigenvalue weighted by atomic mass is 16.6. The highest BCUT2D eigenvalue weighted by molar-refractivity contribution is 5.34. The minimum absolute atomic E-state index is 0.0104. The van der Waals surface area contributed by atoms with Gasteiger partial charge in [-0.25, -0.2) is 4.98 Å². The molecule has 0 amide bonds. The predicted molar refractivity (Wildman–Crippen MR) is 56.9 cm³/mol. The first kappa shape index (κ1) is 10.0. The Hall–Kier alpha value is -1.17. The molecule has 0 aliphatic carbocycles. The molecule has 4 atom stereocenters. The standard InChI is InChI=1S/C11H14N2O3/c14-7-6-15-8-5-10(16-11(7)8)13-9-3-1-2-4-12-9/h1-4,7-8,10-11,14H,5-6H2,(H,12,13)/t7-,8-,10-,11-/m1/s1. The summed E-state index contributed by atoms with van der Waals surface area (Å²) in [5.74, 6) is 0.780. The fourth-order valence-electron chi connectivity index (χ4n) is 2.20. The Kier molecular flexibility index (Phi) is 2.51. The Labute approximate surface area is 93.4 Å². The molecular formula is C11H14N2O3.